The molecule has 0 bridgehead atoms. The van der Waals surface area contributed by atoms with E-state index in [9.17, 15) is 4.79 Å². The maximum absolute atomic E-state index is 11.2. The van der Waals surface area contributed by atoms with E-state index in [1.165, 1.54) is 0 Å². The molecule has 0 spiro atoms. The maximum Gasteiger partial charge on any atom is 0.323 e. The van der Waals surface area contributed by atoms with Gasteiger partial charge in [0.2, 0.25) is 5.78 Å². The lowest BCUT2D eigenvalue weighted by molar-refractivity contribution is -0.120. The molecule has 0 aliphatic heterocycles. The molecule has 1 saturated carbocycles. The SMILES string of the molecule is C[C@H]1CC[C@H](C(=O)C=[N+]=[N-])CC1. The monoisotopic (exact) mass is 166 g/mol. The molecular formula is C9H14N2O. The quantitative estimate of drug-likeness (QED) is 0.350. The molecule has 0 aromatic rings. The second kappa shape index (κ2) is 4.17. The van der Waals surface area contributed by atoms with E-state index in [2.05, 4.69) is 11.7 Å². The third-order valence-electron chi connectivity index (χ3n) is 2.60. The molecule has 66 valence electrons. The summed E-state index contributed by atoms with van der Waals surface area (Å²) in [7, 11) is 0. The smallest absolute Gasteiger partial charge is 0.323 e. The minimum absolute atomic E-state index is 0.0237. The van der Waals surface area contributed by atoms with Gasteiger partial charge in [-0.1, -0.05) is 19.8 Å². The van der Waals surface area contributed by atoms with Crippen molar-refractivity contribution in [2.75, 3.05) is 0 Å². The second-order valence-corrected chi connectivity index (χ2v) is 3.60. The highest BCUT2D eigenvalue weighted by Crippen LogP contribution is 2.28. The fourth-order valence-electron chi connectivity index (χ4n) is 1.71. The van der Waals surface area contributed by atoms with Gasteiger partial charge in [0.15, 0.2) is 0 Å². The number of rotatable bonds is 2. The number of carbonyl (C=O) groups is 1. The van der Waals surface area contributed by atoms with Crippen molar-refractivity contribution in [2.24, 2.45) is 11.8 Å². The predicted octanol–water partition coefficient (Wildman–Crippen LogP) is 1.68. The Balaban J connectivity index is 2.44. The third kappa shape index (κ3) is 2.28. The molecule has 1 aliphatic rings. The van der Waals surface area contributed by atoms with E-state index in [1.54, 1.807) is 0 Å². The first-order valence-electron chi connectivity index (χ1n) is 4.45. The van der Waals surface area contributed by atoms with Crippen molar-refractivity contribution in [3.05, 3.63) is 5.53 Å². The Morgan fingerprint density at radius 1 is 1.42 bits per heavy atom. The number of nitrogens with zero attached hydrogens (tertiary/aromatic N) is 2. The van der Waals surface area contributed by atoms with Crippen LogP contribution in [-0.4, -0.2) is 16.8 Å². The molecule has 12 heavy (non-hydrogen) atoms. The molecule has 0 aromatic heterocycles. The molecule has 1 rings (SSSR count). The molecule has 0 radical (unpaired) electrons. The summed E-state index contributed by atoms with van der Waals surface area (Å²) in [5.74, 6) is 0.835. The van der Waals surface area contributed by atoms with Crippen LogP contribution < -0.4 is 0 Å². The zero-order chi connectivity index (χ0) is 8.97. The molecule has 3 nitrogen and oxygen atoms in total. The first kappa shape index (κ1) is 9.14. The van der Waals surface area contributed by atoms with Gasteiger partial charge in [-0.3, -0.25) is 4.79 Å². The maximum atomic E-state index is 11.2. The zero-order valence-corrected chi connectivity index (χ0v) is 7.36. The molecule has 0 saturated heterocycles. The van der Waals surface area contributed by atoms with Crippen LogP contribution in [0.15, 0.2) is 0 Å². The Kier molecular flexibility index (Phi) is 3.18. The van der Waals surface area contributed by atoms with Gasteiger partial charge in [0, 0.05) is 5.92 Å². The molecule has 0 N–H and O–H groups in total. The summed E-state index contributed by atoms with van der Waals surface area (Å²) in [5.41, 5.74) is 8.17. The number of carbonyl (C=O) groups excluding carboxylic acids is 1. The Labute approximate surface area is 72.4 Å². The Bertz CT molecular complexity index is 211. The molecule has 0 aromatic carbocycles. The van der Waals surface area contributed by atoms with Crippen molar-refractivity contribution < 1.29 is 9.58 Å². The Morgan fingerprint density at radius 3 is 2.50 bits per heavy atom. The third-order valence-corrected chi connectivity index (χ3v) is 2.60. The van der Waals surface area contributed by atoms with Crippen molar-refractivity contribution in [3.63, 3.8) is 0 Å². The summed E-state index contributed by atoms with van der Waals surface area (Å²) >= 11 is 0. The lowest BCUT2D eigenvalue weighted by Gasteiger charge is -2.22. The standard InChI is InChI=1S/C9H14N2O/c1-7-2-4-8(5-3-7)9(12)6-11-10/h6-8H,2-5H2,1H3/t7-,8-. The van der Waals surface area contributed by atoms with Crippen LogP contribution in [0.3, 0.4) is 0 Å². The van der Waals surface area contributed by atoms with Gasteiger partial charge in [-0.2, -0.15) is 4.79 Å². The minimum Gasteiger partial charge on any atom is -0.361 e. The molecule has 0 amide bonds. The molecule has 0 atom stereocenters. The van der Waals surface area contributed by atoms with Crippen LogP contribution in [0.25, 0.3) is 5.53 Å². The van der Waals surface area contributed by atoms with Gasteiger partial charge < -0.3 is 5.53 Å². The molecule has 0 unspecified atom stereocenters. The van der Waals surface area contributed by atoms with E-state index in [-0.39, 0.29) is 11.7 Å². The highest BCUT2D eigenvalue weighted by molar-refractivity contribution is 6.26. The van der Waals surface area contributed by atoms with Crippen molar-refractivity contribution in [2.45, 2.75) is 32.6 Å². The van der Waals surface area contributed by atoms with E-state index in [1.807, 2.05) is 0 Å². The van der Waals surface area contributed by atoms with Crippen LogP contribution in [0.1, 0.15) is 32.6 Å². The number of hydrogen-bond acceptors (Lipinski definition) is 1. The van der Waals surface area contributed by atoms with Gasteiger partial charge in [-0.25, -0.2) is 0 Å². The molecule has 0 heterocycles. The normalized spacial score (nSPS) is 29.1. The summed E-state index contributed by atoms with van der Waals surface area (Å²) in [6, 6.07) is 0. The van der Waals surface area contributed by atoms with Crippen LogP contribution in [0.2, 0.25) is 0 Å². The van der Waals surface area contributed by atoms with E-state index in [0.717, 1.165) is 37.8 Å². The zero-order valence-electron chi connectivity index (χ0n) is 7.36. The van der Waals surface area contributed by atoms with Crippen LogP contribution in [0.5, 0.6) is 0 Å². The number of Topliss-reactive ketones (excluding diaryl/α,β-unsaturated/α-hetero) is 1. The van der Waals surface area contributed by atoms with Gasteiger partial charge in [0.1, 0.15) is 0 Å². The summed E-state index contributed by atoms with van der Waals surface area (Å²) in [6.07, 6.45) is 5.17. The second-order valence-electron chi connectivity index (χ2n) is 3.60. The van der Waals surface area contributed by atoms with Crippen molar-refractivity contribution in [1.82, 2.24) is 0 Å². The number of hydrogen-bond donors (Lipinski definition) is 0. The first-order chi connectivity index (χ1) is 5.74. The summed E-state index contributed by atoms with van der Waals surface area (Å²) in [4.78, 5) is 14.0. The fraction of sp³-hybridized carbons (Fsp3) is 0.778. The topological polar surface area (TPSA) is 53.5 Å². The molecule has 1 fully saturated rings. The van der Waals surface area contributed by atoms with E-state index in [4.69, 9.17) is 5.53 Å². The van der Waals surface area contributed by atoms with Crippen molar-refractivity contribution >= 4 is 12.0 Å². The lowest BCUT2D eigenvalue weighted by atomic mass is 9.81. The van der Waals surface area contributed by atoms with Crippen molar-refractivity contribution in [1.29, 1.82) is 0 Å². The molecule has 1 aliphatic carbocycles. The van der Waals surface area contributed by atoms with Gasteiger partial charge in [-0.05, 0) is 18.8 Å². The van der Waals surface area contributed by atoms with Crippen LogP contribution in [0.4, 0.5) is 0 Å². The first-order valence-corrected chi connectivity index (χ1v) is 4.45. The average Bonchev–Trinajstić information content (AvgIpc) is 2.06. The fourth-order valence-corrected chi connectivity index (χ4v) is 1.71. The number of ketones is 1. The van der Waals surface area contributed by atoms with Crippen LogP contribution in [0, 0.1) is 11.8 Å². The molecular weight excluding hydrogens is 152 g/mol. The largest absolute Gasteiger partial charge is 0.361 e. The van der Waals surface area contributed by atoms with E-state index in [0.29, 0.717) is 0 Å². The van der Waals surface area contributed by atoms with Gasteiger partial charge in [0.05, 0.1) is 0 Å². The van der Waals surface area contributed by atoms with Crippen molar-refractivity contribution in [3.8, 4) is 0 Å². The predicted molar refractivity (Wildman–Crippen MR) is 45.8 cm³/mol. The van der Waals surface area contributed by atoms with Gasteiger partial charge in [0.25, 0.3) is 0 Å². The highest BCUT2D eigenvalue weighted by atomic mass is 16.1. The lowest BCUT2D eigenvalue weighted by Crippen LogP contribution is -2.21. The Hall–Kier alpha value is -0.950. The van der Waals surface area contributed by atoms with E-state index >= 15 is 0 Å². The van der Waals surface area contributed by atoms with Gasteiger partial charge >= 0.3 is 6.21 Å². The minimum atomic E-state index is -0.0237. The molecule has 3 heteroatoms. The van der Waals surface area contributed by atoms with Gasteiger partial charge in [-0.15, -0.1) is 0 Å². The summed E-state index contributed by atoms with van der Waals surface area (Å²) < 4.78 is 0. The van der Waals surface area contributed by atoms with Crippen LogP contribution in [-0.2, 0) is 4.79 Å². The van der Waals surface area contributed by atoms with Crippen LogP contribution >= 0.6 is 0 Å². The Morgan fingerprint density at radius 2 is 2.00 bits per heavy atom. The summed E-state index contributed by atoms with van der Waals surface area (Å²) in [6.45, 7) is 2.21. The van der Waals surface area contributed by atoms with E-state index < -0.39 is 0 Å². The summed E-state index contributed by atoms with van der Waals surface area (Å²) in [5, 5.41) is 0. The average molecular weight is 166 g/mol. The highest BCUT2D eigenvalue weighted by Gasteiger charge is 2.24.